The Balaban J connectivity index is 1.53. The van der Waals surface area contributed by atoms with Crippen LogP contribution >= 0.6 is 0 Å². The standard InChI is InChI=1S/C21H26N2O5/c1-14-19(15(2)28-22-14)13-26-18-9-7-17(8-10-18)21(25)27-16(3)20(24)23-11-5-4-6-12-23/h7-10,16H,4-6,11-13H2,1-3H3/t16-/m1/s1. The summed E-state index contributed by atoms with van der Waals surface area (Å²) in [6.45, 7) is 7.13. The van der Waals surface area contributed by atoms with Crippen molar-refractivity contribution < 1.29 is 23.6 Å². The lowest BCUT2D eigenvalue weighted by Crippen LogP contribution is -2.42. The number of likely N-dealkylation sites (tertiary alicyclic amines) is 1. The Morgan fingerprint density at radius 3 is 2.43 bits per heavy atom. The first-order valence-electron chi connectivity index (χ1n) is 9.60. The lowest BCUT2D eigenvalue weighted by Gasteiger charge is -2.28. The van der Waals surface area contributed by atoms with Crippen molar-refractivity contribution in [2.75, 3.05) is 13.1 Å². The molecule has 1 saturated heterocycles. The number of carbonyl (C=O) groups is 2. The zero-order valence-corrected chi connectivity index (χ0v) is 16.6. The van der Waals surface area contributed by atoms with Crippen molar-refractivity contribution in [1.29, 1.82) is 0 Å². The topological polar surface area (TPSA) is 81.9 Å². The quantitative estimate of drug-likeness (QED) is 0.708. The summed E-state index contributed by atoms with van der Waals surface area (Å²) in [5.74, 6) is 0.696. The molecule has 2 aromatic rings. The molecule has 0 aliphatic carbocycles. The Bertz CT molecular complexity index is 802. The largest absolute Gasteiger partial charge is 0.489 e. The third kappa shape index (κ3) is 4.71. The van der Waals surface area contributed by atoms with Crippen LogP contribution in [0.4, 0.5) is 0 Å². The van der Waals surface area contributed by atoms with E-state index in [0.717, 1.165) is 49.4 Å². The van der Waals surface area contributed by atoms with Crippen molar-refractivity contribution in [3.63, 3.8) is 0 Å². The molecule has 3 rings (SSSR count). The van der Waals surface area contributed by atoms with Gasteiger partial charge in [-0.1, -0.05) is 5.16 Å². The van der Waals surface area contributed by atoms with Gasteiger partial charge in [0, 0.05) is 13.1 Å². The number of rotatable bonds is 6. The summed E-state index contributed by atoms with van der Waals surface area (Å²) < 4.78 is 16.2. The molecule has 1 atom stereocenters. The van der Waals surface area contributed by atoms with Gasteiger partial charge in [0.05, 0.1) is 16.8 Å². The van der Waals surface area contributed by atoms with E-state index in [1.165, 1.54) is 0 Å². The molecule has 28 heavy (non-hydrogen) atoms. The third-order valence-corrected chi connectivity index (χ3v) is 4.95. The molecule has 0 radical (unpaired) electrons. The monoisotopic (exact) mass is 386 g/mol. The van der Waals surface area contributed by atoms with Crippen molar-refractivity contribution in [3.05, 3.63) is 46.8 Å². The maximum atomic E-state index is 12.4. The summed E-state index contributed by atoms with van der Waals surface area (Å²) in [5, 5.41) is 3.89. The fraction of sp³-hybridized carbons (Fsp3) is 0.476. The predicted octanol–water partition coefficient (Wildman–Crippen LogP) is 3.43. The minimum absolute atomic E-state index is 0.132. The van der Waals surface area contributed by atoms with E-state index >= 15 is 0 Å². The fourth-order valence-corrected chi connectivity index (χ4v) is 3.20. The summed E-state index contributed by atoms with van der Waals surface area (Å²) in [4.78, 5) is 26.5. The molecule has 0 unspecified atom stereocenters. The van der Waals surface area contributed by atoms with Gasteiger partial charge in [0.1, 0.15) is 18.1 Å². The molecule has 0 saturated carbocycles. The zero-order chi connectivity index (χ0) is 20.1. The first kappa shape index (κ1) is 19.9. The zero-order valence-electron chi connectivity index (χ0n) is 16.6. The van der Waals surface area contributed by atoms with E-state index in [2.05, 4.69) is 5.16 Å². The smallest absolute Gasteiger partial charge is 0.338 e. The van der Waals surface area contributed by atoms with E-state index in [0.29, 0.717) is 17.9 Å². The molecule has 1 fully saturated rings. The summed E-state index contributed by atoms with van der Waals surface area (Å²) in [6, 6.07) is 6.66. The maximum absolute atomic E-state index is 12.4. The van der Waals surface area contributed by atoms with Gasteiger partial charge in [-0.25, -0.2) is 4.79 Å². The van der Waals surface area contributed by atoms with Gasteiger partial charge in [0.2, 0.25) is 0 Å². The van der Waals surface area contributed by atoms with Crippen molar-refractivity contribution in [1.82, 2.24) is 10.1 Å². The van der Waals surface area contributed by atoms with Crippen molar-refractivity contribution in [2.45, 2.75) is 52.7 Å². The van der Waals surface area contributed by atoms with Crippen LogP contribution in [0, 0.1) is 13.8 Å². The lowest BCUT2D eigenvalue weighted by atomic mass is 10.1. The second-order valence-corrected chi connectivity index (χ2v) is 7.05. The molecule has 0 bridgehead atoms. The summed E-state index contributed by atoms with van der Waals surface area (Å²) in [7, 11) is 0. The number of amides is 1. The molecule has 7 nitrogen and oxygen atoms in total. The van der Waals surface area contributed by atoms with Crippen molar-refractivity contribution in [2.24, 2.45) is 0 Å². The maximum Gasteiger partial charge on any atom is 0.338 e. The molecule has 0 spiro atoms. The SMILES string of the molecule is Cc1noc(C)c1COc1ccc(C(=O)O[C@H](C)C(=O)N2CCCCC2)cc1. The van der Waals surface area contributed by atoms with Crippen molar-refractivity contribution >= 4 is 11.9 Å². The molecule has 1 aliphatic heterocycles. The van der Waals surface area contributed by atoms with Gasteiger partial charge in [-0.05, 0) is 64.3 Å². The molecule has 1 amide bonds. The number of aromatic nitrogens is 1. The van der Waals surface area contributed by atoms with Crippen LogP contribution in [0.2, 0.25) is 0 Å². The number of ether oxygens (including phenoxy) is 2. The van der Waals surface area contributed by atoms with E-state index < -0.39 is 12.1 Å². The highest BCUT2D eigenvalue weighted by atomic mass is 16.5. The van der Waals surface area contributed by atoms with Crippen LogP contribution in [0.3, 0.4) is 0 Å². The first-order chi connectivity index (χ1) is 13.5. The molecular formula is C21H26N2O5. The van der Waals surface area contributed by atoms with E-state index in [1.807, 2.05) is 13.8 Å². The highest BCUT2D eigenvalue weighted by molar-refractivity contribution is 5.92. The van der Waals surface area contributed by atoms with Crippen LogP contribution < -0.4 is 4.74 Å². The first-order valence-corrected chi connectivity index (χ1v) is 9.60. The number of piperidine rings is 1. The number of nitrogens with zero attached hydrogens (tertiary/aromatic N) is 2. The number of aryl methyl sites for hydroxylation is 2. The number of benzene rings is 1. The van der Waals surface area contributed by atoms with E-state index in [4.69, 9.17) is 14.0 Å². The molecule has 150 valence electrons. The fourth-order valence-electron chi connectivity index (χ4n) is 3.20. The van der Waals surface area contributed by atoms with Crippen molar-refractivity contribution in [3.8, 4) is 5.75 Å². The van der Waals surface area contributed by atoms with E-state index in [9.17, 15) is 9.59 Å². The molecular weight excluding hydrogens is 360 g/mol. The number of carbonyl (C=O) groups excluding carboxylic acids is 2. The van der Waals surface area contributed by atoms with Crippen LogP contribution in [-0.4, -0.2) is 41.1 Å². The number of hydrogen-bond donors (Lipinski definition) is 0. The minimum Gasteiger partial charge on any atom is -0.489 e. The molecule has 1 aromatic carbocycles. The van der Waals surface area contributed by atoms with Gasteiger partial charge < -0.3 is 18.9 Å². The van der Waals surface area contributed by atoms with Gasteiger partial charge in [0.15, 0.2) is 6.10 Å². The average molecular weight is 386 g/mol. The lowest BCUT2D eigenvalue weighted by molar-refractivity contribution is -0.140. The molecule has 1 aromatic heterocycles. The molecule has 0 N–H and O–H groups in total. The van der Waals surface area contributed by atoms with Gasteiger partial charge in [-0.2, -0.15) is 0 Å². The third-order valence-electron chi connectivity index (χ3n) is 4.95. The molecule has 1 aliphatic rings. The number of esters is 1. The normalized spacial score (nSPS) is 15.2. The van der Waals surface area contributed by atoms with Gasteiger partial charge in [0.25, 0.3) is 5.91 Å². The van der Waals surface area contributed by atoms with Crippen LogP contribution in [0.5, 0.6) is 5.75 Å². The van der Waals surface area contributed by atoms with Crippen LogP contribution in [0.25, 0.3) is 0 Å². The van der Waals surface area contributed by atoms with Crippen LogP contribution in [0.15, 0.2) is 28.8 Å². The second kappa shape index (κ2) is 8.91. The summed E-state index contributed by atoms with van der Waals surface area (Å²) >= 11 is 0. The summed E-state index contributed by atoms with van der Waals surface area (Å²) in [5.41, 5.74) is 2.08. The van der Waals surface area contributed by atoms with Crippen LogP contribution in [0.1, 0.15) is 53.6 Å². The Morgan fingerprint density at radius 2 is 1.82 bits per heavy atom. The van der Waals surface area contributed by atoms with Gasteiger partial charge in [-0.3, -0.25) is 4.79 Å². The average Bonchev–Trinajstić information content (AvgIpc) is 3.04. The summed E-state index contributed by atoms with van der Waals surface area (Å²) in [6.07, 6.45) is 2.35. The van der Waals surface area contributed by atoms with E-state index in [-0.39, 0.29) is 5.91 Å². The van der Waals surface area contributed by atoms with Crippen LogP contribution in [-0.2, 0) is 16.1 Å². The Kier molecular flexibility index (Phi) is 6.34. The highest BCUT2D eigenvalue weighted by Gasteiger charge is 2.25. The Morgan fingerprint density at radius 1 is 1.14 bits per heavy atom. The molecule has 2 heterocycles. The molecule has 7 heteroatoms. The van der Waals surface area contributed by atoms with Gasteiger partial charge >= 0.3 is 5.97 Å². The number of hydrogen-bond acceptors (Lipinski definition) is 6. The minimum atomic E-state index is -0.791. The predicted molar refractivity (Wildman–Crippen MR) is 102 cm³/mol. The second-order valence-electron chi connectivity index (χ2n) is 7.05. The van der Waals surface area contributed by atoms with Gasteiger partial charge in [-0.15, -0.1) is 0 Å². The van der Waals surface area contributed by atoms with E-state index in [1.54, 1.807) is 36.1 Å². The Hall–Kier alpha value is -2.83. The Labute approximate surface area is 164 Å². The highest BCUT2D eigenvalue weighted by Crippen LogP contribution is 2.19.